The molecule has 122 valence electrons. The minimum absolute atomic E-state index is 0.0000754. The summed E-state index contributed by atoms with van der Waals surface area (Å²) in [5.74, 6) is 1.16. The van der Waals surface area contributed by atoms with Crippen LogP contribution < -0.4 is 4.74 Å². The van der Waals surface area contributed by atoms with Crippen molar-refractivity contribution in [3.05, 3.63) is 34.4 Å². The minimum Gasteiger partial charge on any atom is -0.484 e. The highest BCUT2D eigenvalue weighted by atomic mass is 16.6. The molecule has 0 aliphatic heterocycles. The number of carbonyl (C=O) groups is 1. The highest BCUT2D eigenvalue weighted by molar-refractivity contribution is 5.77. The molecule has 22 heavy (non-hydrogen) atoms. The summed E-state index contributed by atoms with van der Waals surface area (Å²) in [6.45, 7) is 9.60. The van der Waals surface area contributed by atoms with Gasteiger partial charge in [0.25, 0.3) is 11.6 Å². The smallest absolute Gasteiger partial charge is 0.269 e. The molecule has 0 bridgehead atoms. The van der Waals surface area contributed by atoms with Gasteiger partial charge in [0.2, 0.25) is 0 Å². The molecule has 0 unspecified atom stereocenters. The molecule has 1 aromatic carbocycles. The zero-order valence-corrected chi connectivity index (χ0v) is 13.6. The molecule has 0 aliphatic carbocycles. The molecular formula is C16H24N2O4. The van der Waals surface area contributed by atoms with E-state index >= 15 is 0 Å². The molecule has 0 fully saturated rings. The summed E-state index contributed by atoms with van der Waals surface area (Å²) in [7, 11) is 0. The molecular weight excluding hydrogens is 284 g/mol. The summed E-state index contributed by atoms with van der Waals surface area (Å²) in [5.41, 5.74) is -0.0000754. The van der Waals surface area contributed by atoms with Crippen molar-refractivity contribution in [2.24, 2.45) is 11.8 Å². The van der Waals surface area contributed by atoms with Crippen LogP contribution in [0.1, 0.15) is 27.7 Å². The maximum absolute atomic E-state index is 12.3. The van der Waals surface area contributed by atoms with Crippen LogP contribution in [0, 0.1) is 22.0 Å². The van der Waals surface area contributed by atoms with Gasteiger partial charge in [-0.1, -0.05) is 27.7 Å². The van der Waals surface area contributed by atoms with Crippen molar-refractivity contribution in [2.75, 3.05) is 19.7 Å². The first-order valence-electron chi connectivity index (χ1n) is 7.44. The number of non-ortho nitro benzene ring substituents is 1. The fraction of sp³-hybridized carbons (Fsp3) is 0.562. The van der Waals surface area contributed by atoms with Gasteiger partial charge in [0.15, 0.2) is 6.61 Å². The lowest BCUT2D eigenvalue weighted by molar-refractivity contribution is -0.384. The summed E-state index contributed by atoms with van der Waals surface area (Å²) in [4.78, 5) is 24.2. The number of nitro benzene ring substituents is 1. The lowest BCUT2D eigenvalue weighted by Gasteiger charge is -2.26. The number of rotatable bonds is 8. The van der Waals surface area contributed by atoms with Gasteiger partial charge in [-0.15, -0.1) is 0 Å². The zero-order valence-electron chi connectivity index (χ0n) is 13.6. The van der Waals surface area contributed by atoms with E-state index in [0.29, 0.717) is 30.7 Å². The molecule has 0 aliphatic rings. The molecule has 0 saturated heterocycles. The number of hydrogen-bond donors (Lipinski definition) is 0. The second kappa shape index (κ2) is 8.36. The zero-order chi connectivity index (χ0) is 16.7. The molecule has 1 aromatic rings. The molecule has 0 N–H and O–H groups in total. The molecule has 0 saturated carbocycles. The Kier molecular flexibility index (Phi) is 6.82. The molecule has 1 amide bonds. The monoisotopic (exact) mass is 308 g/mol. The second-order valence-electron chi connectivity index (χ2n) is 6.13. The first kappa shape index (κ1) is 17.9. The van der Waals surface area contributed by atoms with Crippen molar-refractivity contribution in [2.45, 2.75) is 27.7 Å². The topological polar surface area (TPSA) is 72.7 Å². The molecule has 6 heteroatoms. The third kappa shape index (κ3) is 6.11. The Morgan fingerprint density at radius 1 is 1.14 bits per heavy atom. The summed E-state index contributed by atoms with van der Waals surface area (Å²) in [6.07, 6.45) is 0. The number of amides is 1. The molecule has 6 nitrogen and oxygen atoms in total. The van der Waals surface area contributed by atoms with Crippen LogP contribution in [0.25, 0.3) is 0 Å². The van der Waals surface area contributed by atoms with Gasteiger partial charge in [0, 0.05) is 25.2 Å². The van der Waals surface area contributed by atoms with Crippen molar-refractivity contribution < 1.29 is 14.5 Å². The summed E-state index contributed by atoms with van der Waals surface area (Å²) < 4.78 is 5.43. The van der Waals surface area contributed by atoms with Crippen molar-refractivity contribution in [1.82, 2.24) is 4.90 Å². The summed E-state index contributed by atoms with van der Waals surface area (Å²) in [5, 5.41) is 10.6. The van der Waals surface area contributed by atoms with Crippen molar-refractivity contribution in [1.29, 1.82) is 0 Å². The van der Waals surface area contributed by atoms with E-state index < -0.39 is 4.92 Å². The average Bonchev–Trinajstić information content (AvgIpc) is 2.43. The molecule has 0 aromatic heterocycles. The van der Waals surface area contributed by atoms with Crippen molar-refractivity contribution in [3.63, 3.8) is 0 Å². The average molecular weight is 308 g/mol. The van der Waals surface area contributed by atoms with E-state index in [0.717, 1.165) is 0 Å². The van der Waals surface area contributed by atoms with Crippen LogP contribution >= 0.6 is 0 Å². The lowest BCUT2D eigenvalue weighted by atomic mass is 10.1. The summed E-state index contributed by atoms with van der Waals surface area (Å²) >= 11 is 0. The van der Waals surface area contributed by atoms with Gasteiger partial charge in [0.05, 0.1) is 4.92 Å². The number of benzene rings is 1. The Labute approximate surface area is 131 Å². The highest BCUT2D eigenvalue weighted by Gasteiger charge is 2.17. The first-order valence-corrected chi connectivity index (χ1v) is 7.44. The fourth-order valence-electron chi connectivity index (χ4n) is 2.06. The van der Waals surface area contributed by atoms with Gasteiger partial charge in [-0.2, -0.15) is 0 Å². The van der Waals surface area contributed by atoms with Crippen LogP contribution in [0.2, 0.25) is 0 Å². The van der Waals surface area contributed by atoms with Gasteiger partial charge in [-0.05, 0) is 24.0 Å². The van der Waals surface area contributed by atoms with Gasteiger partial charge in [-0.3, -0.25) is 14.9 Å². The van der Waals surface area contributed by atoms with Crippen LogP contribution in [-0.4, -0.2) is 35.4 Å². The van der Waals surface area contributed by atoms with Crippen molar-refractivity contribution in [3.8, 4) is 5.75 Å². The number of ether oxygens (including phenoxy) is 1. The predicted molar refractivity (Wildman–Crippen MR) is 84.8 cm³/mol. The van der Waals surface area contributed by atoms with E-state index in [1.54, 1.807) is 4.90 Å². The van der Waals surface area contributed by atoms with E-state index in [4.69, 9.17) is 4.74 Å². The standard InChI is InChI=1S/C16H24N2O4/c1-12(2)9-17(10-13(3)4)16(19)11-22-15-7-5-14(6-8-15)18(20)21/h5-8,12-13H,9-11H2,1-4H3. The maximum atomic E-state index is 12.3. The van der Waals surface area contributed by atoms with E-state index in [-0.39, 0.29) is 18.2 Å². The Morgan fingerprint density at radius 3 is 2.05 bits per heavy atom. The van der Waals surface area contributed by atoms with Gasteiger partial charge in [0.1, 0.15) is 5.75 Å². The number of nitro groups is 1. The van der Waals surface area contributed by atoms with E-state index in [2.05, 4.69) is 27.7 Å². The van der Waals surface area contributed by atoms with Gasteiger partial charge >= 0.3 is 0 Å². The second-order valence-corrected chi connectivity index (χ2v) is 6.13. The third-order valence-corrected chi connectivity index (χ3v) is 2.93. The van der Waals surface area contributed by atoms with E-state index in [1.165, 1.54) is 24.3 Å². The molecule has 1 rings (SSSR count). The molecule has 0 radical (unpaired) electrons. The Balaban J connectivity index is 2.59. The Hall–Kier alpha value is -2.11. The van der Waals surface area contributed by atoms with Crippen LogP contribution in [0.15, 0.2) is 24.3 Å². The summed E-state index contributed by atoms with van der Waals surface area (Å²) in [6, 6.07) is 5.72. The minimum atomic E-state index is -0.470. The maximum Gasteiger partial charge on any atom is 0.269 e. The van der Waals surface area contributed by atoms with Gasteiger partial charge in [-0.25, -0.2) is 0 Å². The largest absolute Gasteiger partial charge is 0.484 e. The van der Waals surface area contributed by atoms with Crippen LogP contribution in [0.3, 0.4) is 0 Å². The van der Waals surface area contributed by atoms with Crippen molar-refractivity contribution >= 4 is 11.6 Å². The predicted octanol–water partition coefficient (Wildman–Crippen LogP) is 3.11. The van der Waals surface area contributed by atoms with Crippen LogP contribution in [0.4, 0.5) is 5.69 Å². The molecule has 0 heterocycles. The number of hydrogen-bond acceptors (Lipinski definition) is 4. The third-order valence-electron chi connectivity index (χ3n) is 2.93. The van der Waals surface area contributed by atoms with E-state index in [9.17, 15) is 14.9 Å². The SMILES string of the molecule is CC(C)CN(CC(C)C)C(=O)COc1ccc([N+](=O)[O-])cc1. The quantitative estimate of drug-likeness (QED) is 0.546. The van der Waals surface area contributed by atoms with E-state index in [1.807, 2.05) is 0 Å². The first-order chi connectivity index (χ1) is 10.3. The number of carbonyl (C=O) groups excluding carboxylic acids is 1. The highest BCUT2D eigenvalue weighted by Crippen LogP contribution is 2.17. The molecule has 0 spiro atoms. The fourth-order valence-corrected chi connectivity index (χ4v) is 2.06. The van der Waals surface area contributed by atoms with Gasteiger partial charge < -0.3 is 9.64 Å². The lowest BCUT2D eigenvalue weighted by Crippen LogP contribution is -2.39. The normalized spacial score (nSPS) is 10.8. The molecule has 0 atom stereocenters. The number of nitrogens with zero attached hydrogens (tertiary/aromatic N) is 2. The van der Waals surface area contributed by atoms with Crippen LogP contribution in [0.5, 0.6) is 5.75 Å². The van der Waals surface area contributed by atoms with Crippen LogP contribution in [-0.2, 0) is 4.79 Å². The Bertz CT molecular complexity index is 487. The Morgan fingerprint density at radius 2 is 1.64 bits per heavy atom.